The van der Waals surface area contributed by atoms with Crippen molar-refractivity contribution in [2.45, 2.75) is 52.0 Å². The molecule has 1 spiro atoms. The molecule has 0 bridgehead atoms. The minimum atomic E-state index is 0.256. The topological polar surface area (TPSA) is 37.3 Å². The first-order valence-electron chi connectivity index (χ1n) is 8.78. The van der Waals surface area contributed by atoms with Crippen molar-refractivity contribution in [2.75, 3.05) is 26.2 Å². The molecule has 3 aliphatic rings. The van der Waals surface area contributed by atoms with Gasteiger partial charge in [-0.3, -0.25) is 4.79 Å². The average Bonchev–Trinajstić information content (AvgIpc) is 3.17. The van der Waals surface area contributed by atoms with Crippen molar-refractivity contribution in [3.05, 3.63) is 23.0 Å². The molecule has 4 nitrogen and oxygen atoms in total. The van der Waals surface area contributed by atoms with Gasteiger partial charge in [0.1, 0.15) is 0 Å². The smallest absolute Gasteiger partial charge is 0.255 e. The summed E-state index contributed by atoms with van der Waals surface area (Å²) in [4.78, 5) is 15.2. The molecule has 22 heavy (non-hydrogen) atoms. The second-order valence-corrected chi connectivity index (χ2v) is 7.64. The zero-order valence-electron chi connectivity index (χ0n) is 13.8. The van der Waals surface area contributed by atoms with Crippen LogP contribution in [0.5, 0.6) is 0 Å². The Labute approximate surface area is 132 Å². The second kappa shape index (κ2) is 5.12. The van der Waals surface area contributed by atoms with Crippen molar-refractivity contribution >= 4 is 5.91 Å². The number of nitrogens with zero attached hydrogens (tertiary/aromatic N) is 2. The number of aromatic nitrogens is 1. The third-order valence-electron chi connectivity index (χ3n) is 5.91. The molecule has 0 radical (unpaired) electrons. The Morgan fingerprint density at radius 1 is 1.32 bits per heavy atom. The number of nitrogens with one attached hydrogen (secondary N) is 1. The Morgan fingerprint density at radius 2 is 2.14 bits per heavy atom. The van der Waals surface area contributed by atoms with Gasteiger partial charge in [0.25, 0.3) is 5.91 Å². The molecule has 1 saturated carbocycles. The number of likely N-dealkylation sites (tertiary alicyclic amines) is 1. The Balaban J connectivity index is 1.57. The predicted molar refractivity (Wildman–Crippen MR) is 87.2 cm³/mol. The number of hydrogen-bond acceptors (Lipinski definition) is 2. The summed E-state index contributed by atoms with van der Waals surface area (Å²) < 4.78 is 2.38. The van der Waals surface area contributed by atoms with Gasteiger partial charge in [0.05, 0.1) is 5.56 Å². The van der Waals surface area contributed by atoms with E-state index in [9.17, 15) is 4.79 Å². The van der Waals surface area contributed by atoms with Crippen LogP contribution in [0.3, 0.4) is 0 Å². The number of amides is 1. The van der Waals surface area contributed by atoms with E-state index in [1.54, 1.807) is 0 Å². The quantitative estimate of drug-likeness (QED) is 0.912. The van der Waals surface area contributed by atoms with Gasteiger partial charge in [-0.2, -0.15) is 0 Å². The second-order valence-electron chi connectivity index (χ2n) is 7.64. The van der Waals surface area contributed by atoms with Crippen LogP contribution in [0, 0.1) is 19.3 Å². The Hall–Kier alpha value is -1.29. The maximum Gasteiger partial charge on any atom is 0.255 e. The number of carbonyl (C=O) groups is 1. The summed E-state index contributed by atoms with van der Waals surface area (Å²) in [7, 11) is 0. The highest BCUT2D eigenvalue weighted by Crippen LogP contribution is 2.39. The van der Waals surface area contributed by atoms with E-state index in [1.807, 2.05) is 0 Å². The zero-order valence-corrected chi connectivity index (χ0v) is 13.8. The maximum atomic E-state index is 13.1. The fourth-order valence-electron chi connectivity index (χ4n) is 4.58. The molecule has 2 aliphatic heterocycles. The zero-order chi connectivity index (χ0) is 15.3. The number of hydrogen-bond donors (Lipinski definition) is 1. The van der Waals surface area contributed by atoms with Crippen LogP contribution < -0.4 is 5.32 Å². The largest absolute Gasteiger partial charge is 0.345 e. The Kier molecular flexibility index (Phi) is 3.33. The van der Waals surface area contributed by atoms with Crippen molar-refractivity contribution < 1.29 is 4.79 Å². The van der Waals surface area contributed by atoms with E-state index in [0.717, 1.165) is 38.2 Å². The summed E-state index contributed by atoms with van der Waals surface area (Å²) in [5.74, 6) is 0.256. The molecule has 0 aromatic carbocycles. The van der Waals surface area contributed by atoms with E-state index in [1.165, 1.54) is 37.1 Å². The van der Waals surface area contributed by atoms with E-state index in [0.29, 0.717) is 11.5 Å². The van der Waals surface area contributed by atoms with E-state index in [2.05, 4.69) is 34.7 Å². The number of aryl methyl sites for hydroxylation is 1. The highest BCUT2D eigenvalue weighted by atomic mass is 16.2. The first-order chi connectivity index (χ1) is 10.6. The number of rotatable bonds is 2. The van der Waals surface area contributed by atoms with Gasteiger partial charge in [-0.25, -0.2) is 0 Å². The molecule has 1 unspecified atom stereocenters. The van der Waals surface area contributed by atoms with Gasteiger partial charge in [0, 0.05) is 42.5 Å². The summed E-state index contributed by atoms with van der Waals surface area (Å²) in [5, 5.41) is 3.49. The van der Waals surface area contributed by atoms with Crippen LogP contribution in [0.1, 0.15) is 59.9 Å². The van der Waals surface area contributed by atoms with Gasteiger partial charge in [0.2, 0.25) is 0 Å². The third kappa shape index (κ3) is 2.28. The molecule has 3 heterocycles. The molecule has 3 fully saturated rings. The van der Waals surface area contributed by atoms with Crippen molar-refractivity contribution in [2.24, 2.45) is 5.41 Å². The van der Waals surface area contributed by atoms with Crippen LogP contribution >= 0.6 is 0 Å². The van der Waals surface area contributed by atoms with Gasteiger partial charge in [-0.15, -0.1) is 0 Å². The molecule has 120 valence electrons. The molecule has 1 N–H and O–H groups in total. The molecule has 1 aromatic heterocycles. The lowest BCUT2D eigenvalue weighted by Gasteiger charge is -2.40. The van der Waals surface area contributed by atoms with E-state index in [-0.39, 0.29) is 5.91 Å². The van der Waals surface area contributed by atoms with Crippen LogP contribution in [0.15, 0.2) is 6.07 Å². The lowest BCUT2D eigenvalue weighted by Crippen LogP contribution is -2.47. The van der Waals surface area contributed by atoms with Gasteiger partial charge < -0.3 is 14.8 Å². The van der Waals surface area contributed by atoms with Crippen LogP contribution in [0.4, 0.5) is 0 Å². The monoisotopic (exact) mass is 301 g/mol. The lowest BCUT2D eigenvalue weighted by molar-refractivity contribution is 0.0552. The molecular weight excluding hydrogens is 274 g/mol. The van der Waals surface area contributed by atoms with E-state index in [4.69, 9.17) is 0 Å². The highest BCUT2D eigenvalue weighted by molar-refractivity contribution is 5.95. The van der Waals surface area contributed by atoms with Crippen LogP contribution in [0.25, 0.3) is 0 Å². The van der Waals surface area contributed by atoms with E-state index < -0.39 is 0 Å². The van der Waals surface area contributed by atoms with Crippen molar-refractivity contribution in [1.82, 2.24) is 14.8 Å². The normalized spacial score (nSPS) is 28.5. The number of carbonyl (C=O) groups excluding carboxylic acids is 1. The van der Waals surface area contributed by atoms with Crippen molar-refractivity contribution in [3.63, 3.8) is 0 Å². The summed E-state index contributed by atoms with van der Waals surface area (Å²) in [6.07, 6.45) is 6.17. The first kappa shape index (κ1) is 14.3. The summed E-state index contributed by atoms with van der Waals surface area (Å²) >= 11 is 0. The maximum absolute atomic E-state index is 13.1. The summed E-state index contributed by atoms with van der Waals surface area (Å²) in [6, 6.07) is 2.76. The number of piperidine rings is 1. The van der Waals surface area contributed by atoms with Crippen LogP contribution in [-0.2, 0) is 0 Å². The lowest BCUT2D eigenvalue weighted by atomic mass is 9.79. The fourth-order valence-corrected chi connectivity index (χ4v) is 4.58. The fraction of sp³-hybridized carbons (Fsp3) is 0.722. The molecule has 4 heteroatoms. The van der Waals surface area contributed by atoms with Crippen LogP contribution in [0.2, 0.25) is 0 Å². The molecule has 1 amide bonds. The molecule has 4 rings (SSSR count). The standard InChI is InChI=1S/C18H27N3O/c1-13-10-16(14(2)21(13)15-4-5-15)17(22)20-9-3-6-18(12-20)7-8-19-11-18/h10,15,19H,3-9,11-12H2,1-2H3. The predicted octanol–water partition coefficient (Wildman–Crippen LogP) is 2.66. The third-order valence-corrected chi connectivity index (χ3v) is 5.91. The SMILES string of the molecule is Cc1cc(C(=O)N2CCCC3(CCNC3)C2)c(C)n1C1CC1. The average molecular weight is 301 g/mol. The van der Waals surface area contributed by atoms with Crippen LogP contribution in [-0.4, -0.2) is 41.6 Å². The summed E-state index contributed by atoms with van der Waals surface area (Å²) in [6.45, 7) is 8.31. The van der Waals surface area contributed by atoms with Gasteiger partial charge >= 0.3 is 0 Å². The molecule has 2 saturated heterocycles. The van der Waals surface area contributed by atoms with Gasteiger partial charge in [0.15, 0.2) is 0 Å². The van der Waals surface area contributed by atoms with Crippen molar-refractivity contribution in [3.8, 4) is 0 Å². The highest BCUT2D eigenvalue weighted by Gasteiger charge is 2.40. The minimum Gasteiger partial charge on any atom is -0.345 e. The Morgan fingerprint density at radius 3 is 2.82 bits per heavy atom. The first-order valence-corrected chi connectivity index (χ1v) is 8.78. The van der Waals surface area contributed by atoms with E-state index >= 15 is 0 Å². The Bertz CT molecular complexity index is 594. The van der Waals surface area contributed by atoms with Gasteiger partial charge in [-0.1, -0.05) is 0 Å². The summed E-state index contributed by atoms with van der Waals surface area (Å²) in [5.41, 5.74) is 3.70. The van der Waals surface area contributed by atoms with Gasteiger partial charge in [-0.05, 0) is 58.6 Å². The molecule has 1 atom stereocenters. The molecular formula is C18H27N3O. The molecule has 1 aromatic rings. The molecule has 1 aliphatic carbocycles. The minimum absolute atomic E-state index is 0.256. The van der Waals surface area contributed by atoms with Crippen molar-refractivity contribution in [1.29, 1.82) is 0 Å².